The molecule has 0 aromatic rings. The van der Waals surface area contributed by atoms with Crippen LogP contribution >= 0.6 is 0 Å². The van der Waals surface area contributed by atoms with Gasteiger partial charge in [-0.05, 0) is 66.2 Å². The zero-order valence-electron chi connectivity index (χ0n) is 13.5. The predicted octanol–water partition coefficient (Wildman–Crippen LogP) is 3.05. The Labute approximate surface area is 120 Å². The van der Waals surface area contributed by atoms with Gasteiger partial charge in [-0.3, -0.25) is 0 Å². The van der Waals surface area contributed by atoms with Gasteiger partial charge in [-0.25, -0.2) is 0 Å². The van der Waals surface area contributed by atoms with Crippen molar-refractivity contribution in [3.63, 3.8) is 0 Å². The maximum atomic E-state index is 5.41. The van der Waals surface area contributed by atoms with Gasteiger partial charge in [-0.2, -0.15) is 0 Å². The Morgan fingerprint density at radius 1 is 1.16 bits per heavy atom. The normalized spacial score (nSPS) is 18.2. The number of rotatable bonds is 9. The van der Waals surface area contributed by atoms with Crippen molar-refractivity contribution in [2.45, 2.75) is 70.4 Å². The van der Waals surface area contributed by atoms with E-state index in [0.29, 0.717) is 0 Å². The molecule has 0 radical (unpaired) electrons. The highest BCUT2D eigenvalue weighted by Crippen LogP contribution is 2.21. The summed E-state index contributed by atoms with van der Waals surface area (Å²) < 4.78 is 5.41. The van der Waals surface area contributed by atoms with Crippen LogP contribution in [-0.4, -0.2) is 50.3 Å². The lowest BCUT2D eigenvalue weighted by molar-refractivity contribution is 0.0159. The summed E-state index contributed by atoms with van der Waals surface area (Å²) in [5.74, 6) is 0. The van der Waals surface area contributed by atoms with Crippen molar-refractivity contribution in [1.82, 2.24) is 10.2 Å². The van der Waals surface area contributed by atoms with Gasteiger partial charge in [0.15, 0.2) is 0 Å². The third-order valence-corrected chi connectivity index (χ3v) is 4.52. The molecule has 19 heavy (non-hydrogen) atoms. The number of hydrogen-bond acceptors (Lipinski definition) is 3. The molecule has 0 saturated heterocycles. The second kappa shape index (κ2) is 8.93. The summed E-state index contributed by atoms with van der Waals surface area (Å²) in [6.07, 6.45) is 9.44. The summed E-state index contributed by atoms with van der Waals surface area (Å²) in [6, 6.07) is 0.848. The van der Waals surface area contributed by atoms with Gasteiger partial charge in [0.05, 0.1) is 5.60 Å². The van der Waals surface area contributed by atoms with Crippen LogP contribution in [0.15, 0.2) is 0 Å². The fourth-order valence-corrected chi connectivity index (χ4v) is 2.77. The van der Waals surface area contributed by atoms with Crippen LogP contribution in [-0.2, 0) is 4.74 Å². The molecule has 0 unspecified atom stereocenters. The summed E-state index contributed by atoms with van der Waals surface area (Å²) in [7, 11) is 4.09. The molecule has 1 aliphatic carbocycles. The largest absolute Gasteiger partial charge is 0.379 e. The fourth-order valence-electron chi connectivity index (χ4n) is 2.77. The highest BCUT2D eigenvalue weighted by atomic mass is 16.5. The lowest BCUT2D eigenvalue weighted by Crippen LogP contribution is -2.35. The zero-order chi connectivity index (χ0) is 14.1. The first-order valence-corrected chi connectivity index (χ1v) is 8.01. The van der Waals surface area contributed by atoms with Gasteiger partial charge in [0.1, 0.15) is 0 Å². The minimum atomic E-state index is 0.00584. The summed E-state index contributed by atoms with van der Waals surface area (Å²) in [6.45, 7) is 7.69. The third-order valence-electron chi connectivity index (χ3n) is 4.52. The van der Waals surface area contributed by atoms with Crippen molar-refractivity contribution in [1.29, 1.82) is 0 Å². The molecular weight excluding hydrogens is 236 g/mol. The molecule has 1 saturated carbocycles. The molecular formula is C16H34N2O. The van der Waals surface area contributed by atoms with E-state index in [4.69, 9.17) is 4.74 Å². The SMILES string of the molecule is COC(C)(C)CCNCCCN(C)C1CCCCC1. The summed E-state index contributed by atoms with van der Waals surface area (Å²) >= 11 is 0. The Bertz CT molecular complexity index is 225. The van der Waals surface area contributed by atoms with Crippen molar-refractivity contribution in [3.8, 4) is 0 Å². The van der Waals surface area contributed by atoms with E-state index in [1.807, 2.05) is 0 Å². The first-order chi connectivity index (χ1) is 9.05. The van der Waals surface area contributed by atoms with E-state index in [2.05, 4.69) is 31.1 Å². The second-order valence-corrected chi connectivity index (χ2v) is 6.59. The number of nitrogens with zero attached hydrogens (tertiary/aromatic N) is 1. The van der Waals surface area contributed by atoms with Crippen molar-refractivity contribution in [3.05, 3.63) is 0 Å². The van der Waals surface area contributed by atoms with E-state index in [0.717, 1.165) is 25.6 Å². The smallest absolute Gasteiger partial charge is 0.0634 e. The summed E-state index contributed by atoms with van der Waals surface area (Å²) in [5, 5.41) is 3.53. The minimum Gasteiger partial charge on any atom is -0.379 e. The van der Waals surface area contributed by atoms with Crippen molar-refractivity contribution >= 4 is 0 Å². The lowest BCUT2D eigenvalue weighted by Gasteiger charge is -2.31. The van der Waals surface area contributed by atoms with Crippen LogP contribution < -0.4 is 5.32 Å². The van der Waals surface area contributed by atoms with Crippen LogP contribution in [0.2, 0.25) is 0 Å². The van der Waals surface area contributed by atoms with E-state index in [1.54, 1.807) is 7.11 Å². The Hall–Kier alpha value is -0.120. The van der Waals surface area contributed by atoms with E-state index in [1.165, 1.54) is 45.1 Å². The molecule has 0 aliphatic heterocycles. The molecule has 1 N–H and O–H groups in total. The molecule has 1 rings (SSSR count). The third kappa shape index (κ3) is 7.28. The van der Waals surface area contributed by atoms with E-state index < -0.39 is 0 Å². The molecule has 0 heterocycles. The minimum absolute atomic E-state index is 0.00584. The number of ether oxygens (including phenoxy) is 1. The summed E-state index contributed by atoms with van der Waals surface area (Å²) in [4.78, 5) is 2.57. The van der Waals surface area contributed by atoms with Crippen LogP contribution in [0, 0.1) is 0 Å². The first kappa shape index (κ1) is 16.9. The Morgan fingerprint density at radius 3 is 2.47 bits per heavy atom. The fraction of sp³-hybridized carbons (Fsp3) is 1.00. The maximum absolute atomic E-state index is 5.41. The number of nitrogens with one attached hydrogen (secondary N) is 1. The molecule has 1 fully saturated rings. The van der Waals surface area contributed by atoms with Crippen molar-refractivity contribution in [2.24, 2.45) is 0 Å². The van der Waals surface area contributed by atoms with E-state index in [-0.39, 0.29) is 5.60 Å². The molecule has 1 aliphatic rings. The molecule has 0 spiro atoms. The average molecular weight is 270 g/mol. The second-order valence-electron chi connectivity index (χ2n) is 6.59. The molecule has 114 valence electrons. The Balaban J connectivity index is 1.98. The standard InChI is InChI=1S/C16H34N2O/c1-16(2,19-4)11-13-17-12-8-14-18(3)15-9-6-5-7-10-15/h15,17H,5-14H2,1-4H3. The van der Waals surface area contributed by atoms with Gasteiger partial charge in [0.25, 0.3) is 0 Å². The average Bonchev–Trinajstić information content (AvgIpc) is 2.43. The van der Waals surface area contributed by atoms with Gasteiger partial charge in [-0.15, -0.1) is 0 Å². The van der Waals surface area contributed by atoms with Crippen LogP contribution in [0.3, 0.4) is 0 Å². The lowest BCUT2D eigenvalue weighted by atomic mass is 9.94. The molecule has 0 aromatic carbocycles. The van der Waals surface area contributed by atoms with Crippen molar-refractivity contribution < 1.29 is 4.74 Å². The van der Waals surface area contributed by atoms with Gasteiger partial charge in [-0.1, -0.05) is 19.3 Å². The number of methoxy groups -OCH3 is 1. The van der Waals surface area contributed by atoms with Gasteiger partial charge in [0.2, 0.25) is 0 Å². The predicted molar refractivity (Wildman–Crippen MR) is 82.7 cm³/mol. The topological polar surface area (TPSA) is 24.5 Å². The zero-order valence-corrected chi connectivity index (χ0v) is 13.5. The molecule has 0 atom stereocenters. The summed E-state index contributed by atoms with van der Waals surface area (Å²) in [5.41, 5.74) is 0.00584. The van der Waals surface area contributed by atoms with Crippen molar-refractivity contribution in [2.75, 3.05) is 33.8 Å². The molecule has 0 aromatic heterocycles. The van der Waals surface area contributed by atoms with Crippen LogP contribution in [0.4, 0.5) is 0 Å². The number of hydrogen-bond donors (Lipinski definition) is 1. The van der Waals surface area contributed by atoms with Gasteiger partial charge >= 0.3 is 0 Å². The molecule has 0 amide bonds. The monoisotopic (exact) mass is 270 g/mol. The Morgan fingerprint density at radius 2 is 1.84 bits per heavy atom. The van der Waals surface area contributed by atoms with E-state index in [9.17, 15) is 0 Å². The van der Waals surface area contributed by atoms with Gasteiger partial charge < -0.3 is 15.0 Å². The van der Waals surface area contributed by atoms with Crippen LogP contribution in [0.5, 0.6) is 0 Å². The van der Waals surface area contributed by atoms with Crippen LogP contribution in [0.25, 0.3) is 0 Å². The highest BCUT2D eigenvalue weighted by Gasteiger charge is 2.17. The quantitative estimate of drug-likeness (QED) is 0.652. The van der Waals surface area contributed by atoms with Gasteiger partial charge in [0, 0.05) is 13.2 Å². The molecule has 0 bridgehead atoms. The molecule has 3 heteroatoms. The molecule has 3 nitrogen and oxygen atoms in total. The van der Waals surface area contributed by atoms with Crippen LogP contribution in [0.1, 0.15) is 58.8 Å². The van der Waals surface area contributed by atoms with E-state index >= 15 is 0 Å². The first-order valence-electron chi connectivity index (χ1n) is 8.01. The highest BCUT2D eigenvalue weighted by molar-refractivity contribution is 4.74. The maximum Gasteiger partial charge on any atom is 0.0634 e. The Kier molecular flexibility index (Phi) is 7.96.